The van der Waals surface area contributed by atoms with Gasteiger partial charge >= 0.3 is 0 Å². The standard InChI is InChI=1S/C21H25FN2O2/c22-19-9-7-17(8-10-19)21(23-25)18-11-14-24(15-12-18)13-4-16-26-20-5-2-1-3-6-20/h1-3,5-10,18,25H,4,11-16H2. The van der Waals surface area contributed by atoms with E-state index in [0.717, 1.165) is 50.2 Å². The number of oxime groups is 1. The van der Waals surface area contributed by atoms with E-state index in [2.05, 4.69) is 10.1 Å². The van der Waals surface area contributed by atoms with Crippen LogP contribution >= 0.6 is 0 Å². The molecule has 1 fully saturated rings. The van der Waals surface area contributed by atoms with Crippen LogP contribution in [0.4, 0.5) is 4.39 Å². The fourth-order valence-electron chi connectivity index (χ4n) is 3.42. The predicted molar refractivity (Wildman–Crippen MR) is 100 cm³/mol. The molecule has 0 unspecified atom stereocenters. The molecule has 0 spiro atoms. The summed E-state index contributed by atoms with van der Waals surface area (Å²) in [5.41, 5.74) is 1.46. The maximum Gasteiger partial charge on any atom is 0.123 e. The third-order valence-corrected chi connectivity index (χ3v) is 4.85. The van der Waals surface area contributed by atoms with Gasteiger partial charge in [-0.1, -0.05) is 35.5 Å². The number of halogens is 1. The average molecular weight is 356 g/mol. The van der Waals surface area contributed by atoms with Crippen LogP contribution in [0.15, 0.2) is 59.8 Å². The Kier molecular flexibility index (Phi) is 6.61. The van der Waals surface area contributed by atoms with Crippen molar-refractivity contribution < 1.29 is 14.3 Å². The second-order valence-corrected chi connectivity index (χ2v) is 6.62. The first-order chi connectivity index (χ1) is 12.8. The van der Waals surface area contributed by atoms with E-state index >= 15 is 0 Å². The number of para-hydroxylation sites is 1. The zero-order chi connectivity index (χ0) is 18.2. The van der Waals surface area contributed by atoms with Gasteiger partial charge in [0.25, 0.3) is 0 Å². The van der Waals surface area contributed by atoms with Crippen molar-refractivity contribution in [2.75, 3.05) is 26.2 Å². The number of benzene rings is 2. The molecular formula is C21H25FN2O2. The predicted octanol–water partition coefficient (Wildman–Crippen LogP) is 4.19. The molecule has 2 aromatic rings. The van der Waals surface area contributed by atoms with Gasteiger partial charge in [0.15, 0.2) is 0 Å². The molecule has 1 aliphatic rings. The second-order valence-electron chi connectivity index (χ2n) is 6.62. The first-order valence-electron chi connectivity index (χ1n) is 9.14. The SMILES string of the molecule is ON=C(c1ccc(F)cc1)C1CCN(CCCOc2ccccc2)CC1. The fourth-order valence-corrected chi connectivity index (χ4v) is 3.42. The maximum atomic E-state index is 13.1. The van der Waals surface area contributed by atoms with Gasteiger partial charge in [0, 0.05) is 12.5 Å². The Labute approximate surface area is 153 Å². The van der Waals surface area contributed by atoms with Gasteiger partial charge in [0.05, 0.1) is 12.3 Å². The van der Waals surface area contributed by atoms with Crippen LogP contribution in [0.1, 0.15) is 24.8 Å². The molecule has 0 amide bonds. The van der Waals surface area contributed by atoms with Gasteiger partial charge in [-0.25, -0.2) is 4.39 Å². The van der Waals surface area contributed by atoms with E-state index in [4.69, 9.17) is 4.74 Å². The number of hydrogen-bond acceptors (Lipinski definition) is 4. The Bertz CT molecular complexity index is 696. The number of piperidine rings is 1. The van der Waals surface area contributed by atoms with Crippen molar-refractivity contribution in [2.24, 2.45) is 11.1 Å². The molecule has 1 heterocycles. The summed E-state index contributed by atoms with van der Waals surface area (Å²) in [5, 5.41) is 12.9. The second kappa shape index (κ2) is 9.34. The molecule has 26 heavy (non-hydrogen) atoms. The van der Waals surface area contributed by atoms with Gasteiger partial charge in [-0.2, -0.15) is 0 Å². The van der Waals surface area contributed by atoms with Crippen LogP contribution in [0, 0.1) is 11.7 Å². The summed E-state index contributed by atoms with van der Waals surface area (Å²) in [5.74, 6) is 0.843. The summed E-state index contributed by atoms with van der Waals surface area (Å²) in [6.07, 6.45) is 2.87. The van der Waals surface area contributed by atoms with E-state index in [1.54, 1.807) is 12.1 Å². The molecule has 1 saturated heterocycles. The van der Waals surface area contributed by atoms with Crippen LogP contribution in [0.3, 0.4) is 0 Å². The first-order valence-corrected chi connectivity index (χ1v) is 9.14. The topological polar surface area (TPSA) is 45.1 Å². The molecule has 0 aromatic heterocycles. The Balaban J connectivity index is 1.41. The Morgan fingerprint density at radius 2 is 1.77 bits per heavy atom. The Hall–Kier alpha value is -2.40. The summed E-state index contributed by atoms with van der Waals surface area (Å²) < 4.78 is 18.8. The zero-order valence-corrected chi connectivity index (χ0v) is 14.9. The van der Waals surface area contributed by atoms with Crippen molar-refractivity contribution in [3.63, 3.8) is 0 Å². The lowest BCUT2D eigenvalue weighted by atomic mass is 9.88. The van der Waals surface area contributed by atoms with Crippen LogP contribution in [0.5, 0.6) is 5.75 Å². The molecule has 5 heteroatoms. The summed E-state index contributed by atoms with van der Waals surface area (Å²) in [6.45, 7) is 3.65. The number of hydrogen-bond donors (Lipinski definition) is 1. The van der Waals surface area contributed by atoms with Crippen LogP contribution in [-0.4, -0.2) is 42.1 Å². The summed E-state index contributed by atoms with van der Waals surface area (Å²) >= 11 is 0. The zero-order valence-electron chi connectivity index (χ0n) is 14.9. The van der Waals surface area contributed by atoms with E-state index in [1.165, 1.54) is 12.1 Å². The molecule has 4 nitrogen and oxygen atoms in total. The Morgan fingerprint density at radius 1 is 1.08 bits per heavy atom. The van der Waals surface area contributed by atoms with Gasteiger partial charge in [-0.3, -0.25) is 0 Å². The van der Waals surface area contributed by atoms with Crippen LogP contribution in [-0.2, 0) is 0 Å². The van der Waals surface area contributed by atoms with Crippen molar-refractivity contribution in [2.45, 2.75) is 19.3 Å². The summed E-state index contributed by atoms with van der Waals surface area (Å²) in [4.78, 5) is 2.42. The van der Waals surface area contributed by atoms with E-state index in [-0.39, 0.29) is 11.7 Å². The highest BCUT2D eigenvalue weighted by atomic mass is 19.1. The normalized spacial score (nSPS) is 16.6. The average Bonchev–Trinajstić information content (AvgIpc) is 2.69. The first kappa shape index (κ1) is 18.4. The number of likely N-dealkylation sites (tertiary alicyclic amines) is 1. The molecule has 0 radical (unpaired) electrons. The minimum atomic E-state index is -0.279. The highest BCUT2D eigenvalue weighted by molar-refractivity contribution is 6.01. The molecule has 0 bridgehead atoms. The van der Waals surface area contributed by atoms with Gasteiger partial charge in [0.2, 0.25) is 0 Å². The lowest BCUT2D eigenvalue weighted by Crippen LogP contribution is -2.37. The lowest BCUT2D eigenvalue weighted by molar-refractivity contribution is 0.189. The maximum absolute atomic E-state index is 13.1. The summed E-state index contributed by atoms with van der Waals surface area (Å²) in [6, 6.07) is 16.0. The minimum absolute atomic E-state index is 0.210. The molecule has 0 saturated carbocycles. The van der Waals surface area contributed by atoms with Crippen molar-refractivity contribution in [3.8, 4) is 5.75 Å². The molecule has 0 atom stereocenters. The van der Waals surface area contributed by atoms with Crippen LogP contribution in [0.25, 0.3) is 0 Å². The van der Waals surface area contributed by atoms with Crippen molar-refractivity contribution in [1.29, 1.82) is 0 Å². The molecule has 1 N–H and O–H groups in total. The minimum Gasteiger partial charge on any atom is -0.494 e. The number of nitrogens with zero attached hydrogens (tertiary/aromatic N) is 2. The number of rotatable bonds is 7. The van der Waals surface area contributed by atoms with Crippen LogP contribution in [0.2, 0.25) is 0 Å². The van der Waals surface area contributed by atoms with E-state index in [1.807, 2.05) is 30.3 Å². The molecule has 0 aliphatic carbocycles. The fraction of sp³-hybridized carbons (Fsp3) is 0.381. The molecule has 2 aromatic carbocycles. The van der Waals surface area contributed by atoms with E-state index in [9.17, 15) is 9.60 Å². The molecule has 3 rings (SSSR count). The summed E-state index contributed by atoms with van der Waals surface area (Å²) in [7, 11) is 0. The third-order valence-electron chi connectivity index (χ3n) is 4.85. The van der Waals surface area contributed by atoms with Gasteiger partial charge < -0.3 is 14.8 Å². The highest BCUT2D eigenvalue weighted by Crippen LogP contribution is 2.23. The largest absolute Gasteiger partial charge is 0.494 e. The molecule has 1 aliphatic heterocycles. The van der Waals surface area contributed by atoms with Crippen molar-refractivity contribution >= 4 is 5.71 Å². The Morgan fingerprint density at radius 3 is 2.42 bits per heavy atom. The monoisotopic (exact) mass is 356 g/mol. The van der Waals surface area contributed by atoms with E-state index < -0.39 is 0 Å². The van der Waals surface area contributed by atoms with Crippen LogP contribution < -0.4 is 4.74 Å². The number of ether oxygens (including phenoxy) is 1. The van der Waals surface area contributed by atoms with E-state index in [0.29, 0.717) is 12.3 Å². The van der Waals surface area contributed by atoms with Crippen molar-refractivity contribution in [3.05, 3.63) is 66.0 Å². The van der Waals surface area contributed by atoms with Gasteiger partial charge in [-0.05, 0) is 62.2 Å². The molecular weight excluding hydrogens is 331 g/mol. The highest BCUT2D eigenvalue weighted by Gasteiger charge is 2.24. The van der Waals surface area contributed by atoms with Gasteiger partial charge in [-0.15, -0.1) is 0 Å². The quantitative estimate of drug-likeness (QED) is 0.350. The van der Waals surface area contributed by atoms with Crippen molar-refractivity contribution in [1.82, 2.24) is 4.90 Å². The molecule has 138 valence electrons. The lowest BCUT2D eigenvalue weighted by Gasteiger charge is -2.32. The van der Waals surface area contributed by atoms with Gasteiger partial charge in [0.1, 0.15) is 11.6 Å². The third kappa shape index (κ3) is 5.05. The smallest absolute Gasteiger partial charge is 0.123 e.